The van der Waals surface area contributed by atoms with Gasteiger partial charge in [0.05, 0.1) is 4.90 Å². The van der Waals surface area contributed by atoms with Gasteiger partial charge in [-0.05, 0) is 48.4 Å². The summed E-state index contributed by atoms with van der Waals surface area (Å²) in [5, 5.41) is 5.88. The van der Waals surface area contributed by atoms with Crippen molar-refractivity contribution in [3.8, 4) is 22.6 Å². The van der Waals surface area contributed by atoms with Crippen molar-refractivity contribution in [3.05, 3.63) is 94.8 Å². The van der Waals surface area contributed by atoms with Crippen molar-refractivity contribution in [2.75, 3.05) is 0 Å². The number of primary sulfonamides is 1. The van der Waals surface area contributed by atoms with E-state index in [9.17, 15) is 8.42 Å². The van der Waals surface area contributed by atoms with Crippen LogP contribution < -0.4 is 5.14 Å². The minimum absolute atomic E-state index is 0.0446. The van der Waals surface area contributed by atoms with Crippen LogP contribution in [0.3, 0.4) is 0 Å². The maximum atomic E-state index is 11.6. The van der Waals surface area contributed by atoms with E-state index in [2.05, 4.69) is 0 Å². The number of rotatable bonds is 5. The van der Waals surface area contributed by atoms with Gasteiger partial charge in [0, 0.05) is 22.6 Å². The predicted molar refractivity (Wildman–Crippen MR) is 118 cm³/mol. The summed E-state index contributed by atoms with van der Waals surface area (Å²) < 4.78 is 29.3. The lowest BCUT2D eigenvalue weighted by Gasteiger charge is -2.05. The molecule has 0 aliphatic carbocycles. The smallest absolute Gasteiger partial charge is 0.238 e. The third-order valence-corrected chi connectivity index (χ3v) is 6.10. The van der Waals surface area contributed by atoms with E-state index in [0.717, 1.165) is 22.3 Å². The molecule has 0 aliphatic heterocycles. The fourth-order valence-corrected chi connectivity index (χ4v) is 3.82. The van der Waals surface area contributed by atoms with E-state index < -0.39 is 10.0 Å². The molecule has 0 radical (unpaired) electrons. The summed E-state index contributed by atoms with van der Waals surface area (Å²) in [4.78, 5) is 4.76. The summed E-state index contributed by atoms with van der Waals surface area (Å²) in [6.45, 7) is 1.92. The first kappa shape index (κ1) is 20.3. The molecule has 1 aromatic heterocycles. The zero-order valence-electron chi connectivity index (χ0n) is 16.2. The summed E-state index contributed by atoms with van der Waals surface area (Å²) in [5.41, 5.74) is 4.20. The van der Waals surface area contributed by atoms with Gasteiger partial charge in [0.25, 0.3) is 0 Å². The van der Waals surface area contributed by atoms with Crippen molar-refractivity contribution in [2.24, 2.45) is 5.14 Å². The molecule has 30 heavy (non-hydrogen) atoms. The maximum Gasteiger partial charge on any atom is 0.238 e. The van der Waals surface area contributed by atoms with Crippen molar-refractivity contribution in [3.63, 3.8) is 0 Å². The molecule has 5 nitrogen and oxygen atoms in total. The quantitative estimate of drug-likeness (QED) is 0.463. The van der Waals surface area contributed by atoms with Crippen LogP contribution in [0.2, 0.25) is 5.02 Å². The van der Waals surface area contributed by atoms with Crippen molar-refractivity contribution in [1.82, 2.24) is 4.98 Å². The summed E-state index contributed by atoms with van der Waals surface area (Å²) >= 11 is 6.18. The molecule has 0 saturated carbocycles. The lowest BCUT2D eigenvalue weighted by molar-refractivity contribution is 0.519. The number of aromatic nitrogens is 1. The average molecular weight is 439 g/mol. The van der Waals surface area contributed by atoms with E-state index in [1.807, 2.05) is 55.5 Å². The highest BCUT2D eigenvalue weighted by Crippen LogP contribution is 2.35. The molecule has 1 heterocycles. The molecule has 0 atom stereocenters. The van der Waals surface area contributed by atoms with Crippen LogP contribution in [0, 0.1) is 6.92 Å². The SMILES string of the molecule is Cc1cc(-c2oc(Cc3ccccc3)nc2-c2ccc(S(N)(=O)=O)cc2)ccc1Cl. The van der Waals surface area contributed by atoms with Gasteiger partial charge in [0.1, 0.15) is 5.69 Å². The molecule has 7 heteroatoms. The van der Waals surface area contributed by atoms with Gasteiger partial charge in [0.2, 0.25) is 10.0 Å². The van der Waals surface area contributed by atoms with Crippen LogP contribution in [0.15, 0.2) is 82.1 Å². The number of nitrogens with zero attached hydrogens (tertiary/aromatic N) is 1. The fraction of sp³-hybridized carbons (Fsp3) is 0.0870. The summed E-state index contributed by atoms with van der Waals surface area (Å²) in [6.07, 6.45) is 0.537. The highest BCUT2D eigenvalue weighted by Gasteiger charge is 2.19. The molecule has 152 valence electrons. The molecule has 0 spiro atoms. The van der Waals surface area contributed by atoms with Crippen molar-refractivity contribution < 1.29 is 12.8 Å². The monoisotopic (exact) mass is 438 g/mol. The minimum Gasteiger partial charge on any atom is -0.440 e. The van der Waals surface area contributed by atoms with E-state index in [4.69, 9.17) is 26.1 Å². The van der Waals surface area contributed by atoms with Crippen LogP contribution in [-0.2, 0) is 16.4 Å². The first-order valence-corrected chi connectivity index (χ1v) is 11.2. The van der Waals surface area contributed by atoms with E-state index in [0.29, 0.717) is 28.8 Å². The third kappa shape index (κ3) is 4.31. The molecule has 4 rings (SSSR count). The van der Waals surface area contributed by atoms with Crippen LogP contribution in [0.25, 0.3) is 22.6 Å². The number of sulfonamides is 1. The number of nitrogens with two attached hydrogens (primary N) is 1. The molecule has 0 unspecified atom stereocenters. The molecule has 4 aromatic rings. The number of halogens is 1. The van der Waals surface area contributed by atoms with Gasteiger partial charge in [0.15, 0.2) is 11.7 Å². The largest absolute Gasteiger partial charge is 0.440 e. The number of aryl methyl sites for hydroxylation is 1. The second kappa shape index (κ2) is 8.07. The van der Waals surface area contributed by atoms with Crippen LogP contribution in [0.1, 0.15) is 17.0 Å². The Morgan fingerprint density at radius 1 is 0.967 bits per heavy atom. The predicted octanol–water partition coefficient (Wildman–Crippen LogP) is 5.21. The van der Waals surface area contributed by atoms with E-state index >= 15 is 0 Å². The molecule has 3 aromatic carbocycles. The zero-order chi connectivity index (χ0) is 21.3. The summed E-state index contributed by atoms with van der Waals surface area (Å²) in [6, 6.07) is 21.8. The number of hydrogen-bond donors (Lipinski definition) is 1. The topological polar surface area (TPSA) is 86.2 Å². The normalized spacial score (nSPS) is 11.6. The van der Waals surface area contributed by atoms with Crippen LogP contribution in [-0.4, -0.2) is 13.4 Å². The lowest BCUT2D eigenvalue weighted by Crippen LogP contribution is -2.11. The highest BCUT2D eigenvalue weighted by atomic mass is 35.5. The molecule has 0 amide bonds. The third-order valence-electron chi connectivity index (χ3n) is 4.75. The number of oxazole rings is 1. The Morgan fingerprint density at radius 3 is 2.27 bits per heavy atom. The first-order valence-electron chi connectivity index (χ1n) is 9.24. The second-order valence-electron chi connectivity index (χ2n) is 6.98. The summed E-state index contributed by atoms with van der Waals surface area (Å²) in [5.74, 6) is 1.17. The molecule has 0 saturated heterocycles. The second-order valence-corrected chi connectivity index (χ2v) is 8.95. The van der Waals surface area contributed by atoms with Gasteiger partial charge in [-0.1, -0.05) is 54.1 Å². The first-order chi connectivity index (χ1) is 14.3. The lowest BCUT2D eigenvalue weighted by atomic mass is 10.0. The van der Waals surface area contributed by atoms with E-state index in [-0.39, 0.29) is 4.90 Å². The van der Waals surface area contributed by atoms with E-state index in [1.165, 1.54) is 12.1 Å². The number of benzene rings is 3. The Labute approximate surface area is 180 Å². The highest BCUT2D eigenvalue weighted by molar-refractivity contribution is 7.89. The van der Waals surface area contributed by atoms with Gasteiger partial charge in [-0.2, -0.15) is 0 Å². The van der Waals surface area contributed by atoms with Gasteiger partial charge in [-0.25, -0.2) is 18.5 Å². The summed E-state index contributed by atoms with van der Waals surface area (Å²) in [7, 11) is -3.77. The Hall–Kier alpha value is -2.93. The Balaban J connectivity index is 1.81. The van der Waals surface area contributed by atoms with Gasteiger partial charge >= 0.3 is 0 Å². The van der Waals surface area contributed by atoms with Crippen molar-refractivity contribution in [1.29, 1.82) is 0 Å². The van der Waals surface area contributed by atoms with E-state index in [1.54, 1.807) is 12.1 Å². The maximum absolute atomic E-state index is 11.6. The molecular formula is C23H19ClN2O3S. The van der Waals surface area contributed by atoms with Gasteiger partial charge < -0.3 is 4.42 Å². The number of hydrogen-bond acceptors (Lipinski definition) is 4. The van der Waals surface area contributed by atoms with Crippen molar-refractivity contribution in [2.45, 2.75) is 18.2 Å². The Morgan fingerprint density at radius 2 is 1.63 bits per heavy atom. The molecule has 0 bridgehead atoms. The van der Waals surface area contributed by atoms with Crippen LogP contribution in [0.4, 0.5) is 0 Å². The zero-order valence-corrected chi connectivity index (χ0v) is 17.7. The molecule has 0 aliphatic rings. The Bertz CT molecular complexity index is 1300. The fourth-order valence-electron chi connectivity index (χ4n) is 3.19. The minimum atomic E-state index is -3.77. The van der Waals surface area contributed by atoms with Gasteiger partial charge in [-0.15, -0.1) is 0 Å². The molecule has 2 N–H and O–H groups in total. The average Bonchev–Trinajstić information content (AvgIpc) is 3.14. The van der Waals surface area contributed by atoms with Crippen LogP contribution >= 0.6 is 11.6 Å². The van der Waals surface area contributed by atoms with Crippen LogP contribution in [0.5, 0.6) is 0 Å². The van der Waals surface area contributed by atoms with Gasteiger partial charge in [-0.3, -0.25) is 0 Å². The Kier molecular flexibility index (Phi) is 5.47. The standard InChI is InChI=1S/C23H19ClN2O3S/c1-15-13-18(9-12-20(15)24)23-22(17-7-10-19(11-8-17)30(25,27)28)26-21(29-23)14-16-5-3-2-4-6-16/h2-13H,14H2,1H3,(H2,25,27,28). The molecular weight excluding hydrogens is 420 g/mol. The molecule has 0 fully saturated rings. The van der Waals surface area contributed by atoms with Crippen molar-refractivity contribution >= 4 is 21.6 Å².